The Bertz CT molecular complexity index is 421. The van der Waals surface area contributed by atoms with Gasteiger partial charge in [0.25, 0.3) is 0 Å². The molecule has 0 saturated carbocycles. The van der Waals surface area contributed by atoms with Crippen molar-refractivity contribution in [3.63, 3.8) is 0 Å². The number of nitrogens with zero attached hydrogens (tertiary/aromatic N) is 1. The van der Waals surface area contributed by atoms with Crippen LogP contribution in [0.4, 0.5) is 5.82 Å². The van der Waals surface area contributed by atoms with E-state index in [1.54, 1.807) is 0 Å². The van der Waals surface area contributed by atoms with E-state index in [-0.39, 0.29) is 11.4 Å². The average Bonchev–Trinajstić information content (AvgIpc) is 2.16. The summed E-state index contributed by atoms with van der Waals surface area (Å²) in [5.41, 5.74) is 5.89. The fourth-order valence-electron chi connectivity index (χ4n) is 0.850. The summed E-state index contributed by atoms with van der Waals surface area (Å²) in [6.07, 6.45) is 1.44. The van der Waals surface area contributed by atoms with Gasteiger partial charge in [-0.2, -0.15) is 0 Å². The van der Waals surface area contributed by atoms with Crippen LogP contribution in [0.3, 0.4) is 0 Å². The Morgan fingerprint density at radius 3 is 3.00 bits per heavy atom. The fraction of sp³-hybridized carbons (Fsp3) is 0.111. The standard InChI is InChI=1S/C9H7BrN2O2/c10-3-1-2-6-4-7(9(13)14)8(11)12-5-6/h4-5H,3H2,(H2,11,12)(H,13,14). The number of halogens is 1. The summed E-state index contributed by atoms with van der Waals surface area (Å²) >= 11 is 3.13. The van der Waals surface area contributed by atoms with E-state index in [1.165, 1.54) is 12.3 Å². The first-order chi connectivity index (χ1) is 6.65. The van der Waals surface area contributed by atoms with E-state index in [2.05, 4.69) is 32.8 Å². The van der Waals surface area contributed by atoms with Crippen LogP contribution in [0.5, 0.6) is 0 Å². The molecule has 0 fully saturated rings. The lowest BCUT2D eigenvalue weighted by molar-refractivity contribution is 0.0697. The van der Waals surface area contributed by atoms with Crippen molar-refractivity contribution < 1.29 is 9.90 Å². The molecule has 3 N–H and O–H groups in total. The summed E-state index contributed by atoms with van der Waals surface area (Å²) < 4.78 is 0. The van der Waals surface area contributed by atoms with Crippen molar-refractivity contribution in [2.45, 2.75) is 0 Å². The van der Waals surface area contributed by atoms with Crippen molar-refractivity contribution in [3.8, 4) is 11.8 Å². The van der Waals surface area contributed by atoms with Crippen molar-refractivity contribution in [3.05, 3.63) is 23.4 Å². The molecule has 1 aromatic heterocycles. The van der Waals surface area contributed by atoms with Gasteiger partial charge in [0, 0.05) is 11.8 Å². The quantitative estimate of drug-likeness (QED) is 0.582. The Morgan fingerprint density at radius 1 is 1.71 bits per heavy atom. The number of rotatable bonds is 1. The Hall–Kier alpha value is -1.54. The zero-order valence-electron chi connectivity index (χ0n) is 7.12. The fourth-order valence-corrected chi connectivity index (χ4v) is 0.991. The van der Waals surface area contributed by atoms with Gasteiger partial charge >= 0.3 is 5.97 Å². The van der Waals surface area contributed by atoms with Gasteiger partial charge in [0.1, 0.15) is 11.4 Å². The topological polar surface area (TPSA) is 76.2 Å². The minimum absolute atomic E-state index is 0.00175. The van der Waals surface area contributed by atoms with Gasteiger partial charge in [0.2, 0.25) is 0 Å². The van der Waals surface area contributed by atoms with Crippen LogP contribution in [0.15, 0.2) is 12.3 Å². The number of alkyl halides is 1. The molecule has 0 aliphatic carbocycles. The predicted molar refractivity (Wildman–Crippen MR) is 56.3 cm³/mol. The van der Waals surface area contributed by atoms with Gasteiger partial charge in [0.15, 0.2) is 0 Å². The SMILES string of the molecule is Nc1ncc(C#CCBr)cc1C(=O)O. The molecule has 0 saturated heterocycles. The van der Waals surface area contributed by atoms with Crippen LogP contribution >= 0.6 is 15.9 Å². The average molecular weight is 255 g/mol. The van der Waals surface area contributed by atoms with E-state index in [0.717, 1.165) is 0 Å². The van der Waals surface area contributed by atoms with E-state index in [9.17, 15) is 4.79 Å². The lowest BCUT2D eigenvalue weighted by atomic mass is 10.2. The number of nitrogen functional groups attached to an aromatic ring is 1. The van der Waals surface area contributed by atoms with Crippen LogP contribution < -0.4 is 5.73 Å². The highest BCUT2D eigenvalue weighted by Gasteiger charge is 2.08. The summed E-state index contributed by atoms with van der Waals surface area (Å²) in [6, 6.07) is 1.40. The zero-order chi connectivity index (χ0) is 10.6. The molecule has 1 heterocycles. The van der Waals surface area contributed by atoms with Crippen LogP contribution in [0.1, 0.15) is 15.9 Å². The number of carboxylic acid groups (broad SMARTS) is 1. The zero-order valence-corrected chi connectivity index (χ0v) is 8.71. The first-order valence-corrected chi connectivity index (χ1v) is 4.81. The number of hydrogen-bond donors (Lipinski definition) is 2. The summed E-state index contributed by atoms with van der Waals surface area (Å²) in [5, 5.41) is 9.27. The maximum absolute atomic E-state index is 10.7. The van der Waals surface area contributed by atoms with Gasteiger partial charge in [-0.1, -0.05) is 27.8 Å². The van der Waals surface area contributed by atoms with Crippen LogP contribution in [-0.4, -0.2) is 21.4 Å². The third-order valence-electron chi connectivity index (χ3n) is 1.45. The molecule has 0 spiro atoms. The second-order valence-corrected chi connectivity index (χ2v) is 2.96. The number of hydrogen-bond acceptors (Lipinski definition) is 3. The molecule has 4 nitrogen and oxygen atoms in total. The van der Waals surface area contributed by atoms with Crippen molar-refractivity contribution in [1.82, 2.24) is 4.98 Å². The second-order valence-electron chi connectivity index (χ2n) is 2.40. The summed E-state index contributed by atoms with van der Waals surface area (Å²) in [4.78, 5) is 14.4. The molecule has 72 valence electrons. The summed E-state index contributed by atoms with van der Waals surface area (Å²) in [6.45, 7) is 0. The van der Waals surface area contributed by atoms with Crippen LogP contribution in [0.2, 0.25) is 0 Å². The Balaban J connectivity index is 3.13. The van der Waals surface area contributed by atoms with E-state index >= 15 is 0 Å². The summed E-state index contributed by atoms with van der Waals surface area (Å²) in [7, 11) is 0. The van der Waals surface area contributed by atoms with Gasteiger partial charge in [-0.05, 0) is 6.07 Å². The first-order valence-electron chi connectivity index (χ1n) is 3.69. The van der Waals surface area contributed by atoms with Gasteiger partial charge in [-0.25, -0.2) is 9.78 Å². The molecule has 0 aliphatic rings. The van der Waals surface area contributed by atoms with Crippen molar-refractivity contribution >= 4 is 27.7 Å². The maximum atomic E-state index is 10.7. The second kappa shape index (κ2) is 4.63. The number of aromatic nitrogens is 1. The Labute approximate surface area is 89.3 Å². The largest absolute Gasteiger partial charge is 0.478 e. The Morgan fingerprint density at radius 2 is 2.43 bits per heavy atom. The van der Waals surface area contributed by atoms with Crippen LogP contribution in [-0.2, 0) is 0 Å². The summed E-state index contributed by atoms with van der Waals surface area (Å²) in [5.74, 6) is 4.38. The third-order valence-corrected chi connectivity index (χ3v) is 1.73. The molecule has 0 aliphatic heterocycles. The van der Waals surface area contributed by atoms with Gasteiger partial charge in [-0.3, -0.25) is 0 Å². The number of anilines is 1. The number of pyridine rings is 1. The number of nitrogens with two attached hydrogens (primary N) is 1. The third kappa shape index (κ3) is 2.47. The van der Waals surface area contributed by atoms with E-state index in [1.807, 2.05) is 0 Å². The molecule has 0 aromatic carbocycles. The van der Waals surface area contributed by atoms with Gasteiger partial charge in [0.05, 0.1) is 5.33 Å². The molecule has 1 aromatic rings. The molecule has 1 rings (SSSR count). The lowest BCUT2D eigenvalue weighted by Crippen LogP contribution is -2.04. The number of carboxylic acids is 1. The molecular weight excluding hydrogens is 248 g/mol. The molecule has 0 radical (unpaired) electrons. The highest BCUT2D eigenvalue weighted by molar-refractivity contribution is 9.09. The monoisotopic (exact) mass is 254 g/mol. The molecule has 0 atom stereocenters. The van der Waals surface area contributed by atoms with Gasteiger partial charge in [-0.15, -0.1) is 0 Å². The molecule has 14 heavy (non-hydrogen) atoms. The minimum atomic E-state index is -1.10. The smallest absolute Gasteiger partial charge is 0.339 e. The molecule has 0 unspecified atom stereocenters. The molecule has 5 heteroatoms. The van der Waals surface area contributed by atoms with E-state index in [0.29, 0.717) is 10.9 Å². The Kier molecular flexibility index (Phi) is 3.48. The minimum Gasteiger partial charge on any atom is -0.478 e. The van der Waals surface area contributed by atoms with Crippen molar-refractivity contribution in [2.24, 2.45) is 0 Å². The van der Waals surface area contributed by atoms with Gasteiger partial charge < -0.3 is 10.8 Å². The normalized spacial score (nSPS) is 8.93. The van der Waals surface area contributed by atoms with E-state index < -0.39 is 5.97 Å². The highest BCUT2D eigenvalue weighted by atomic mass is 79.9. The first kappa shape index (κ1) is 10.5. The van der Waals surface area contributed by atoms with Crippen LogP contribution in [0, 0.1) is 11.8 Å². The maximum Gasteiger partial charge on any atom is 0.339 e. The molecular formula is C9H7BrN2O2. The molecule has 0 amide bonds. The highest BCUT2D eigenvalue weighted by Crippen LogP contribution is 2.09. The lowest BCUT2D eigenvalue weighted by Gasteiger charge is -1.98. The molecule has 0 bridgehead atoms. The van der Waals surface area contributed by atoms with Crippen molar-refractivity contribution in [2.75, 3.05) is 11.1 Å². The predicted octanol–water partition coefficient (Wildman–Crippen LogP) is 1.11. The number of carbonyl (C=O) groups is 1. The van der Waals surface area contributed by atoms with Crippen molar-refractivity contribution in [1.29, 1.82) is 0 Å². The number of aromatic carboxylic acids is 1. The van der Waals surface area contributed by atoms with E-state index in [4.69, 9.17) is 10.8 Å². The van der Waals surface area contributed by atoms with Crippen LogP contribution in [0.25, 0.3) is 0 Å².